The summed E-state index contributed by atoms with van der Waals surface area (Å²) in [6.07, 6.45) is 0.748. The number of carbonyl (C=O) groups excluding carboxylic acids is 2. The maximum atomic E-state index is 14.6. The van der Waals surface area contributed by atoms with Crippen LogP contribution in [0.2, 0.25) is 0 Å². The molecule has 0 saturated heterocycles. The number of aliphatic imine (C=N–C) groups is 1. The first-order valence-electron chi connectivity index (χ1n) is 11.8. The second kappa shape index (κ2) is 9.30. The van der Waals surface area contributed by atoms with Crippen molar-refractivity contribution < 1.29 is 18.7 Å². The molecule has 0 fully saturated rings. The van der Waals surface area contributed by atoms with Crippen molar-refractivity contribution in [1.29, 1.82) is 0 Å². The molecule has 6 rings (SSSR count). The quantitative estimate of drug-likeness (QED) is 0.421. The normalized spacial score (nSPS) is 16.4. The van der Waals surface area contributed by atoms with Gasteiger partial charge in [-0.05, 0) is 18.2 Å². The third-order valence-corrected chi connectivity index (χ3v) is 6.16. The number of halogens is 1. The van der Waals surface area contributed by atoms with Crippen LogP contribution in [0.4, 0.5) is 10.1 Å². The summed E-state index contributed by atoms with van der Waals surface area (Å²) in [5, 5.41) is 10.0. The number of anilines is 1. The molecule has 37 heavy (non-hydrogen) atoms. The maximum Gasteiger partial charge on any atom is 0.269 e. The van der Waals surface area contributed by atoms with Gasteiger partial charge in [0.25, 0.3) is 11.8 Å². The van der Waals surface area contributed by atoms with Crippen molar-refractivity contribution in [3.63, 3.8) is 0 Å². The molecule has 4 aromatic rings. The van der Waals surface area contributed by atoms with Gasteiger partial charge in [-0.15, -0.1) is 0 Å². The van der Waals surface area contributed by atoms with E-state index in [1.54, 1.807) is 12.1 Å². The number of ether oxygens (including phenoxy) is 1. The molecule has 0 bridgehead atoms. The van der Waals surface area contributed by atoms with E-state index >= 15 is 0 Å². The molecule has 9 nitrogen and oxygen atoms in total. The summed E-state index contributed by atoms with van der Waals surface area (Å²) in [6, 6.07) is 19.8. The molecule has 2 aromatic heterocycles. The van der Waals surface area contributed by atoms with Gasteiger partial charge in [0.2, 0.25) is 18.0 Å². The van der Waals surface area contributed by atoms with E-state index in [9.17, 15) is 14.0 Å². The first-order valence-corrected chi connectivity index (χ1v) is 11.8. The summed E-state index contributed by atoms with van der Waals surface area (Å²) in [7, 11) is 0. The lowest BCUT2D eigenvalue weighted by Gasteiger charge is -2.17. The average molecular weight is 497 g/mol. The summed E-state index contributed by atoms with van der Waals surface area (Å²) < 4.78 is 21.9. The van der Waals surface area contributed by atoms with E-state index in [-0.39, 0.29) is 22.7 Å². The third-order valence-electron chi connectivity index (χ3n) is 6.16. The molecule has 0 aliphatic carbocycles. The number of carbonyl (C=O) groups is 2. The highest BCUT2D eigenvalue weighted by atomic mass is 19.1. The molecular weight excluding hydrogens is 475 g/mol. The maximum absolute atomic E-state index is 14.6. The van der Waals surface area contributed by atoms with Crippen LogP contribution < -0.4 is 15.4 Å². The van der Waals surface area contributed by atoms with Crippen LogP contribution in [0.25, 0.3) is 11.3 Å². The molecule has 184 valence electrons. The zero-order chi connectivity index (χ0) is 25.4. The fourth-order valence-corrected chi connectivity index (χ4v) is 4.46. The predicted octanol–water partition coefficient (Wildman–Crippen LogP) is 3.41. The highest BCUT2D eigenvalue weighted by molar-refractivity contribution is 6.20. The van der Waals surface area contributed by atoms with E-state index in [1.807, 2.05) is 48.5 Å². The van der Waals surface area contributed by atoms with Crippen molar-refractivity contribution in [3.8, 4) is 17.1 Å². The van der Waals surface area contributed by atoms with Crippen molar-refractivity contribution in [2.45, 2.75) is 19.1 Å². The topological polar surface area (TPSA) is 111 Å². The summed E-state index contributed by atoms with van der Waals surface area (Å²) in [4.78, 5) is 35.3. The van der Waals surface area contributed by atoms with Crippen LogP contribution in [0.5, 0.6) is 5.88 Å². The molecule has 1 atom stereocenters. The lowest BCUT2D eigenvalue weighted by molar-refractivity contribution is -0.117. The van der Waals surface area contributed by atoms with Crippen LogP contribution in [0, 0.1) is 5.95 Å². The minimum atomic E-state index is -1.26. The van der Waals surface area contributed by atoms with Crippen molar-refractivity contribution >= 4 is 23.2 Å². The number of rotatable bonds is 4. The Morgan fingerprint density at radius 2 is 1.84 bits per heavy atom. The molecule has 2 aromatic carbocycles. The zero-order valence-electron chi connectivity index (χ0n) is 19.5. The monoisotopic (exact) mass is 496 g/mol. The Kier molecular flexibility index (Phi) is 5.68. The lowest BCUT2D eigenvalue weighted by atomic mass is 10.0. The minimum Gasteiger partial charge on any atom is -0.477 e. The molecular formula is C27H21FN6O3. The molecule has 2 aliphatic rings. The molecule has 0 spiro atoms. The molecule has 4 heterocycles. The van der Waals surface area contributed by atoms with Gasteiger partial charge in [-0.1, -0.05) is 48.5 Å². The molecule has 0 radical (unpaired) electrons. The smallest absolute Gasteiger partial charge is 0.269 e. The second-order valence-electron chi connectivity index (χ2n) is 8.55. The van der Waals surface area contributed by atoms with Crippen molar-refractivity contribution in [2.75, 3.05) is 11.9 Å². The van der Waals surface area contributed by atoms with Gasteiger partial charge in [0.05, 0.1) is 23.6 Å². The minimum absolute atomic E-state index is 0.0256. The number of amides is 2. The number of nitrogens with zero attached hydrogens (tertiary/aromatic N) is 4. The van der Waals surface area contributed by atoms with Gasteiger partial charge in [-0.2, -0.15) is 9.49 Å². The van der Waals surface area contributed by atoms with Crippen molar-refractivity contribution in [3.05, 3.63) is 95.6 Å². The summed E-state index contributed by atoms with van der Waals surface area (Å²) in [6.45, 7) is 0.892. The Hall–Kier alpha value is -4.86. The number of benzene rings is 2. The van der Waals surface area contributed by atoms with Crippen LogP contribution in [-0.4, -0.2) is 45.1 Å². The van der Waals surface area contributed by atoms with Crippen LogP contribution in [0.15, 0.2) is 77.9 Å². The number of fused-ring (bicyclic) bond motifs is 2. The van der Waals surface area contributed by atoms with E-state index in [0.717, 1.165) is 11.1 Å². The first kappa shape index (κ1) is 22.6. The SMILES string of the molecule is O=C(N[C@H]1N=C(c2ccccc2)c2ccccc2NC1=O)c1c(-c2cccnc2F)nn2c1OCCC2. The van der Waals surface area contributed by atoms with Crippen molar-refractivity contribution in [2.24, 2.45) is 4.99 Å². The third kappa shape index (κ3) is 4.12. The average Bonchev–Trinajstić information content (AvgIpc) is 3.25. The largest absolute Gasteiger partial charge is 0.477 e. The number of aromatic nitrogens is 3. The number of benzodiazepines with no additional fused rings is 1. The summed E-state index contributed by atoms with van der Waals surface area (Å²) in [5.41, 5.74) is 2.81. The van der Waals surface area contributed by atoms with E-state index in [0.29, 0.717) is 31.0 Å². The number of hydrogen-bond donors (Lipinski definition) is 2. The standard InChI is InChI=1S/C27H21FN6O3/c28-23-18(11-6-13-29-23)22-20(27-34(33-22)14-7-15-37-27)25(35)32-24-26(36)30-19-12-5-4-10-17(19)21(31-24)16-8-2-1-3-9-16/h1-6,8-13,24H,7,14-15H2,(H,30,36)(H,32,35)/t24-/m1/s1. The molecule has 2 aliphatic heterocycles. The Morgan fingerprint density at radius 1 is 1.05 bits per heavy atom. The van der Waals surface area contributed by atoms with Gasteiger partial charge in [0.1, 0.15) is 11.3 Å². The molecule has 0 saturated carbocycles. The van der Waals surface area contributed by atoms with Crippen LogP contribution in [0.3, 0.4) is 0 Å². The molecule has 2 amide bonds. The van der Waals surface area contributed by atoms with Gasteiger partial charge in [0.15, 0.2) is 0 Å². The fourth-order valence-electron chi connectivity index (χ4n) is 4.46. The number of aryl methyl sites for hydroxylation is 1. The van der Waals surface area contributed by atoms with Gasteiger partial charge in [0, 0.05) is 30.3 Å². The Bertz CT molecular complexity index is 1550. The van der Waals surface area contributed by atoms with Gasteiger partial charge in [-0.3, -0.25) is 9.59 Å². The van der Waals surface area contributed by atoms with Crippen LogP contribution >= 0.6 is 0 Å². The van der Waals surface area contributed by atoms with Gasteiger partial charge in [-0.25, -0.2) is 14.7 Å². The van der Waals surface area contributed by atoms with E-state index in [4.69, 9.17) is 4.74 Å². The lowest BCUT2D eigenvalue weighted by Crippen LogP contribution is -2.42. The van der Waals surface area contributed by atoms with Crippen LogP contribution in [-0.2, 0) is 11.3 Å². The number of hydrogen-bond acceptors (Lipinski definition) is 6. The fraction of sp³-hybridized carbons (Fsp3) is 0.148. The molecule has 10 heteroatoms. The number of pyridine rings is 1. The van der Waals surface area contributed by atoms with Gasteiger partial charge < -0.3 is 15.4 Å². The van der Waals surface area contributed by atoms with E-state index in [2.05, 4.69) is 25.7 Å². The first-order chi connectivity index (χ1) is 18.1. The Balaban J connectivity index is 1.42. The highest BCUT2D eigenvalue weighted by Crippen LogP contribution is 2.34. The number of para-hydroxylation sites is 1. The number of nitrogens with one attached hydrogen (secondary N) is 2. The molecule has 0 unspecified atom stereocenters. The van der Waals surface area contributed by atoms with Crippen molar-refractivity contribution in [1.82, 2.24) is 20.1 Å². The van der Waals surface area contributed by atoms with E-state index in [1.165, 1.54) is 16.9 Å². The molecule has 2 N–H and O–H groups in total. The van der Waals surface area contributed by atoms with Crippen LogP contribution in [0.1, 0.15) is 27.9 Å². The second-order valence-corrected chi connectivity index (χ2v) is 8.55. The highest BCUT2D eigenvalue weighted by Gasteiger charge is 2.33. The Labute approximate surface area is 211 Å². The summed E-state index contributed by atoms with van der Waals surface area (Å²) >= 11 is 0. The van der Waals surface area contributed by atoms with E-state index < -0.39 is 23.9 Å². The zero-order valence-corrected chi connectivity index (χ0v) is 19.5. The predicted molar refractivity (Wildman–Crippen MR) is 134 cm³/mol. The Morgan fingerprint density at radius 3 is 2.68 bits per heavy atom. The van der Waals surface area contributed by atoms with Gasteiger partial charge >= 0.3 is 0 Å². The summed E-state index contributed by atoms with van der Waals surface area (Å²) in [5.74, 6) is -1.72.